The van der Waals surface area contributed by atoms with E-state index in [9.17, 15) is 9.90 Å². The van der Waals surface area contributed by atoms with Gasteiger partial charge in [0.15, 0.2) is 0 Å². The summed E-state index contributed by atoms with van der Waals surface area (Å²) in [4.78, 5) is 19.7. The topological polar surface area (TPSA) is 78.0 Å². The van der Waals surface area contributed by atoms with Crippen LogP contribution < -0.4 is 5.32 Å². The van der Waals surface area contributed by atoms with E-state index in [4.69, 9.17) is 4.98 Å². The third kappa shape index (κ3) is 3.08. The van der Waals surface area contributed by atoms with Gasteiger partial charge in [-0.25, -0.2) is 9.78 Å². The first-order chi connectivity index (χ1) is 12.3. The summed E-state index contributed by atoms with van der Waals surface area (Å²) in [5, 5.41) is 12.4. The van der Waals surface area contributed by atoms with Crippen molar-refractivity contribution in [3.05, 3.63) is 78.2 Å². The van der Waals surface area contributed by atoms with E-state index in [1.165, 1.54) is 0 Å². The van der Waals surface area contributed by atoms with Crippen molar-refractivity contribution in [2.24, 2.45) is 5.41 Å². The van der Waals surface area contributed by atoms with Crippen LogP contribution in [0.15, 0.2) is 66.9 Å². The van der Waals surface area contributed by atoms with Crippen LogP contribution in [0.5, 0.6) is 0 Å². The molecule has 2 aromatic carbocycles. The minimum Gasteiger partial charge on any atom is -0.465 e. The van der Waals surface area contributed by atoms with Gasteiger partial charge in [0.25, 0.3) is 0 Å². The molecule has 5 heteroatoms. The predicted molar refractivity (Wildman–Crippen MR) is 102 cm³/mol. The monoisotopic (exact) mass is 349 g/mol. The zero-order chi connectivity index (χ0) is 18.8. The Morgan fingerprint density at radius 2 is 1.58 bits per heavy atom. The first-order valence-corrected chi connectivity index (χ1v) is 8.52. The Morgan fingerprint density at radius 3 is 2.12 bits per heavy atom. The second-order valence-electron chi connectivity index (χ2n) is 7.30. The van der Waals surface area contributed by atoms with Gasteiger partial charge < -0.3 is 15.4 Å². The Labute approximate surface area is 153 Å². The third-order valence-electron chi connectivity index (χ3n) is 4.63. The third-order valence-corrected chi connectivity index (χ3v) is 4.63. The van der Waals surface area contributed by atoms with E-state index in [0.29, 0.717) is 5.82 Å². The van der Waals surface area contributed by atoms with Gasteiger partial charge in [-0.05, 0) is 11.0 Å². The first kappa shape index (κ1) is 17.7. The van der Waals surface area contributed by atoms with Gasteiger partial charge in [-0.3, -0.25) is 0 Å². The minimum absolute atomic E-state index is 0.474. The Bertz CT molecular complexity index is 882. The van der Waals surface area contributed by atoms with Crippen LogP contribution in [0.3, 0.4) is 0 Å². The standard InChI is InChI=1S/C21H23N3O2/c1-20(2,3)21(24-19(25)26,16-12-8-5-9-13-16)18-22-14-17(23-18)15-10-6-4-7-11-15/h4-14,24H,1-3H3,(H,22,23)(H,25,26). The van der Waals surface area contributed by atoms with Crippen molar-refractivity contribution in [3.8, 4) is 11.3 Å². The van der Waals surface area contributed by atoms with E-state index >= 15 is 0 Å². The number of imidazole rings is 1. The number of benzene rings is 2. The molecule has 0 saturated carbocycles. The van der Waals surface area contributed by atoms with Gasteiger partial charge in [-0.15, -0.1) is 0 Å². The fourth-order valence-electron chi connectivity index (χ4n) is 3.36. The molecule has 0 aliphatic heterocycles. The zero-order valence-corrected chi connectivity index (χ0v) is 15.2. The van der Waals surface area contributed by atoms with E-state index < -0.39 is 17.0 Å². The fourth-order valence-corrected chi connectivity index (χ4v) is 3.36. The Kier molecular flexibility index (Phi) is 4.55. The molecule has 0 aliphatic rings. The van der Waals surface area contributed by atoms with Gasteiger partial charge >= 0.3 is 6.09 Å². The number of nitrogens with one attached hydrogen (secondary N) is 2. The highest BCUT2D eigenvalue weighted by molar-refractivity contribution is 5.68. The number of rotatable bonds is 4. The lowest BCUT2D eigenvalue weighted by Gasteiger charge is -2.43. The molecular formula is C21H23N3O2. The number of aromatic nitrogens is 2. The molecule has 1 heterocycles. The van der Waals surface area contributed by atoms with E-state index in [0.717, 1.165) is 16.8 Å². The lowest BCUT2D eigenvalue weighted by atomic mass is 9.68. The van der Waals surface area contributed by atoms with Gasteiger partial charge in [-0.1, -0.05) is 81.4 Å². The number of hydrogen-bond donors (Lipinski definition) is 3. The van der Waals surface area contributed by atoms with Crippen LogP contribution in [0.25, 0.3) is 11.3 Å². The van der Waals surface area contributed by atoms with E-state index in [1.807, 2.05) is 87.6 Å². The quantitative estimate of drug-likeness (QED) is 0.642. The molecule has 0 saturated heterocycles. The molecule has 3 N–H and O–H groups in total. The highest BCUT2D eigenvalue weighted by atomic mass is 16.4. The molecule has 0 bridgehead atoms. The Morgan fingerprint density at radius 1 is 1.00 bits per heavy atom. The van der Waals surface area contributed by atoms with Crippen LogP contribution in [0.4, 0.5) is 4.79 Å². The number of hydrogen-bond acceptors (Lipinski definition) is 2. The molecule has 3 rings (SSSR count). The SMILES string of the molecule is CC(C)(C)C(NC(=O)O)(c1ccccc1)c1nc(-c2ccccc2)c[nH]1. The minimum atomic E-state index is -1.10. The van der Waals surface area contributed by atoms with Crippen molar-refractivity contribution in [1.82, 2.24) is 15.3 Å². The zero-order valence-electron chi connectivity index (χ0n) is 15.2. The molecule has 5 nitrogen and oxygen atoms in total. The second-order valence-corrected chi connectivity index (χ2v) is 7.30. The number of carboxylic acid groups (broad SMARTS) is 1. The van der Waals surface area contributed by atoms with Gasteiger partial charge in [-0.2, -0.15) is 0 Å². The number of H-pyrrole nitrogens is 1. The van der Waals surface area contributed by atoms with Crippen LogP contribution in [-0.2, 0) is 5.54 Å². The lowest BCUT2D eigenvalue weighted by molar-refractivity contribution is 0.138. The molecule has 0 aliphatic carbocycles. The summed E-state index contributed by atoms with van der Waals surface area (Å²) in [6.07, 6.45) is 0.721. The van der Waals surface area contributed by atoms with Crippen LogP contribution in [0.2, 0.25) is 0 Å². The predicted octanol–water partition coefficient (Wildman–Crippen LogP) is 4.63. The van der Waals surface area contributed by atoms with E-state index in [-0.39, 0.29) is 0 Å². The fraction of sp³-hybridized carbons (Fsp3) is 0.238. The maximum absolute atomic E-state index is 11.7. The molecule has 0 radical (unpaired) electrons. The van der Waals surface area contributed by atoms with Gasteiger partial charge in [0, 0.05) is 11.8 Å². The molecule has 0 spiro atoms. The van der Waals surface area contributed by atoms with Crippen molar-refractivity contribution in [1.29, 1.82) is 0 Å². The van der Waals surface area contributed by atoms with Crippen LogP contribution in [-0.4, -0.2) is 21.2 Å². The molecule has 26 heavy (non-hydrogen) atoms. The largest absolute Gasteiger partial charge is 0.465 e. The summed E-state index contributed by atoms with van der Waals surface area (Å²) in [5.41, 5.74) is 1.09. The van der Waals surface area contributed by atoms with Gasteiger partial charge in [0.1, 0.15) is 11.4 Å². The van der Waals surface area contributed by atoms with Crippen molar-refractivity contribution in [2.45, 2.75) is 26.3 Å². The maximum Gasteiger partial charge on any atom is 0.405 e. The summed E-state index contributed by atoms with van der Waals surface area (Å²) in [5.74, 6) is 0.567. The summed E-state index contributed by atoms with van der Waals surface area (Å²) in [6.45, 7) is 6.00. The average molecular weight is 349 g/mol. The summed E-state index contributed by atoms with van der Waals surface area (Å²) >= 11 is 0. The molecule has 1 aromatic heterocycles. The highest BCUT2D eigenvalue weighted by Crippen LogP contribution is 2.44. The molecule has 1 unspecified atom stereocenters. The second kappa shape index (κ2) is 6.67. The smallest absolute Gasteiger partial charge is 0.405 e. The molecule has 1 amide bonds. The van der Waals surface area contributed by atoms with Crippen molar-refractivity contribution >= 4 is 6.09 Å². The maximum atomic E-state index is 11.7. The Balaban J connectivity index is 2.21. The van der Waals surface area contributed by atoms with Crippen molar-refractivity contribution in [3.63, 3.8) is 0 Å². The Hall–Kier alpha value is -3.08. The number of aromatic amines is 1. The number of amides is 1. The van der Waals surface area contributed by atoms with Crippen LogP contribution in [0, 0.1) is 5.41 Å². The van der Waals surface area contributed by atoms with Crippen molar-refractivity contribution < 1.29 is 9.90 Å². The summed E-state index contributed by atoms with van der Waals surface area (Å²) in [6, 6.07) is 19.4. The summed E-state index contributed by atoms with van der Waals surface area (Å²) in [7, 11) is 0. The molecular weight excluding hydrogens is 326 g/mol. The molecule has 3 aromatic rings. The van der Waals surface area contributed by atoms with E-state index in [2.05, 4.69) is 10.3 Å². The lowest BCUT2D eigenvalue weighted by Crippen LogP contribution is -2.55. The van der Waals surface area contributed by atoms with E-state index in [1.54, 1.807) is 0 Å². The number of nitrogens with zero attached hydrogens (tertiary/aromatic N) is 1. The van der Waals surface area contributed by atoms with Crippen molar-refractivity contribution in [2.75, 3.05) is 0 Å². The van der Waals surface area contributed by atoms with Gasteiger partial charge in [0.2, 0.25) is 0 Å². The van der Waals surface area contributed by atoms with Crippen LogP contribution >= 0.6 is 0 Å². The molecule has 134 valence electrons. The molecule has 1 atom stereocenters. The summed E-state index contributed by atoms with van der Waals surface area (Å²) < 4.78 is 0. The average Bonchev–Trinajstić information content (AvgIpc) is 3.10. The van der Waals surface area contributed by atoms with Crippen LogP contribution in [0.1, 0.15) is 32.2 Å². The normalized spacial score (nSPS) is 13.8. The van der Waals surface area contributed by atoms with Gasteiger partial charge in [0.05, 0.1) is 5.69 Å². The number of carbonyl (C=O) groups is 1. The molecule has 0 fully saturated rings. The first-order valence-electron chi connectivity index (χ1n) is 8.52. The highest BCUT2D eigenvalue weighted by Gasteiger charge is 2.49.